The third-order valence-electron chi connectivity index (χ3n) is 11.5. The molecule has 188 valence electrons. The summed E-state index contributed by atoms with van der Waals surface area (Å²) >= 11 is 0. The minimum absolute atomic E-state index is 0.0728. The zero-order valence-corrected chi connectivity index (χ0v) is 22.8. The van der Waals surface area contributed by atoms with E-state index in [1.807, 2.05) is 5.57 Å². The van der Waals surface area contributed by atoms with Crippen molar-refractivity contribution in [1.29, 1.82) is 0 Å². The van der Waals surface area contributed by atoms with E-state index in [1.54, 1.807) is 5.57 Å². The summed E-state index contributed by atoms with van der Waals surface area (Å²) in [7, 11) is 2.38. The van der Waals surface area contributed by atoms with Gasteiger partial charge in [-0.05, 0) is 108 Å². The Morgan fingerprint density at radius 3 is 2.61 bits per heavy atom. The lowest BCUT2D eigenvalue weighted by Gasteiger charge is -2.57. The zero-order chi connectivity index (χ0) is 24.7. The number of benzene rings is 2. The molecule has 2 aromatic rings. The van der Waals surface area contributed by atoms with Crippen molar-refractivity contribution in [3.63, 3.8) is 0 Å². The second-order valence-corrected chi connectivity index (χ2v) is 13.4. The highest BCUT2D eigenvalue weighted by Gasteiger charge is 2.52. The van der Waals surface area contributed by atoms with Crippen molar-refractivity contribution in [1.82, 2.24) is 0 Å². The van der Waals surface area contributed by atoms with Gasteiger partial charge in [-0.15, -0.1) is 0 Å². The van der Waals surface area contributed by atoms with Crippen molar-refractivity contribution >= 4 is 5.69 Å². The maximum Gasteiger partial charge on any atom is 0.0369 e. The van der Waals surface area contributed by atoms with Crippen LogP contribution in [0.4, 0.5) is 5.69 Å². The van der Waals surface area contributed by atoms with Crippen molar-refractivity contribution in [3.05, 3.63) is 76.9 Å². The van der Waals surface area contributed by atoms with Crippen LogP contribution in [0.3, 0.4) is 0 Å². The average Bonchev–Trinajstić information content (AvgIpc) is 3.14. The van der Waals surface area contributed by atoms with Crippen molar-refractivity contribution in [2.45, 2.75) is 90.0 Å². The summed E-state index contributed by atoms with van der Waals surface area (Å²) in [4.78, 5) is 2.66. The van der Waals surface area contributed by atoms with Gasteiger partial charge in [-0.3, -0.25) is 0 Å². The molecule has 0 aliphatic heterocycles. The number of hydrogen-bond donors (Lipinski definition) is 0. The van der Waals surface area contributed by atoms with Gasteiger partial charge < -0.3 is 4.90 Å². The Labute approximate surface area is 218 Å². The Kier molecular flexibility index (Phi) is 5.15. The molecule has 0 aromatic heterocycles. The van der Waals surface area contributed by atoms with Crippen LogP contribution in [0.25, 0.3) is 11.1 Å². The monoisotopic (exact) mass is 477 g/mol. The molecular weight excluding hydrogens is 434 g/mol. The molecule has 2 saturated carbocycles. The fourth-order valence-corrected chi connectivity index (χ4v) is 9.53. The molecule has 2 aromatic carbocycles. The summed E-state index contributed by atoms with van der Waals surface area (Å²) in [5.74, 6) is 2.62. The van der Waals surface area contributed by atoms with Crippen LogP contribution in [-0.4, -0.2) is 13.1 Å². The largest absolute Gasteiger partial charge is 0.372 e. The molecule has 2 fully saturated rings. The summed E-state index contributed by atoms with van der Waals surface area (Å²) in [6.45, 7) is 7.45. The number of allylic oxidation sites excluding steroid dienone is 4. The molecule has 0 radical (unpaired) electrons. The molecule has 5 aliphatic rings. The predicted octanol–water partition coefficient (Wildman–Crippen LogP) is 9.07. The van der Waals surface area contributed by atoms with Crippen LogP contribution in [0, 0.1) is 23.2 Å². The van der Waals surface area contributed by atoms with Gasteiger partial charge in [0.1, 0.15) is 0 Å². The van der Waals surface area contributed by atoms with Gasteiger partial charge in [0.05, 0.1) is 0 Å². The van der Waals surface area contributed by atoms with Crippen LogP contribution in [0.5, 0.6) is 0 Å². The molecule has 5 unspecified atom stereocenters. The maximum atomic E-state index is 2.66. The van der Waals surface area contributed by atoms with E-state index in [0.717, 1.165) is 17.8 Å². The summed E-state index contributed by atoms with van der Waals surface area (Å²) in [6, 6.07) is 17.0. The summed E-state index contributed by atoms with van der Waals surface area (Å²) in [5.41, 5.74) is 11.4. The highest BCUT2D eigenvalue weighted by Crippen LogP contribution is 2.62. The topological polar surface area (TPSA) is 3.24 Å². The maximum absolute atomic E-state index is 2.66. The van der Waals surface area contributed by atoms with Crippen LogP contribution < -0.4 is 4.90 Å². The lowest BCUT2D eigenvalue weighted by molar-refractivity contribution is 0.0282. The predicted molar refractivity (Wildman–Crippen MR) is 152 cm³/mol. The van der Waals surface area contributed by atoms with Crippen LogP contribution in [-0.2, 0) is 5.41 Å². The molecule has 1 nitrogen and oxygen atoms in total. The molecule has 0 saturated heterocycles. The Morgan fingerprint density at radius 1 is 0.889 bits per heavy atom. The summed E-state index contributed by atoms with van der Waals surface area (Å²) in [6.07, 6.45) is 17.5. The van der Waals surface area contributed by atoms with Gasteiger partial charge in [0, 0.05) is 24.2 Å². The standard InChI is InChI=1S/C35H43N/c1-34(2)30-13-7-5-11-25(30)27-18-17-24(22-33(27)34)36(4)23-16-19-28-29(21-23)26-12-6-8-14-31(26)35(3)20-10-9-15-32(28)35/h5,7-8,11,13-14,17-18,22-23,28-29,32H,6,9-10,12,15-16,19-21H2,1-4H3. The molecule has 0 bridgehead atoms. The van der Waals surface area contributed by atoms with E-state index in [4.69, 9.17) is 0 Å². The first-order chi connectivity index (χ1) is 17.4. The zero-order valence-electron chi connectivity index (χ0n) is 22.8. The van der Waals surface area contributed by atoms with Gasteiger partial charge in [0.15, 0.2) is 0 Å². The van der Waals surface area contributed by atoms with Crippen molar-refractivity contribution in [3.8, 4) is 11.1 Å². The van der Waals surface area contributed by atoms with Crippen molar-refractivity contribution < 1.29 is 0 Å². The van der Waals surface area contributed by atoms with E-state index in [9.17, 15) is 0 Å². The molecule has 36 heavy (non-hydrogen) atoms. The molecule has 0 amide bonds. The number of rotatable bonds is 2. The third-order valence-corrected chi connectivity index (χ3v) is 11.5. The van der Waals surface area contributed by atoms with Gasteiger partial charge in [-0.2, -0.15) is 0 Å². The van der Waals surface area contributed by atoms with Crippen LogP contribution >= 0.6 is 0 Å². The Bertz CT molecular complexity index is 1260. The van der Waals surface area contributed by atoms with Crippen LogP contribution in [0.2, 0.25) is 0 Å². The summed E-state index contributed by atoms with van der Waals surface area (Å²) in [5, 5.41) is 0. The quantitative estimate of drug-likeness (QED) is 0.417. The first-order valence-electron chi connectivity index (χ1n) is 14.8. The van der Waals surface area contributed by atoms with E-state index < -0.39 is 0 Å². The molecule has 0 heterocycles. The summed E-state index contributed by atoms with van der Waals surface area (Å²) < 4.78 is 0. The molecule has 5 aliphatic carbocycles. The Balaban J connectivity index is 1.21. The second-order valence-electron chi connectivity index (χ2n) is 13.4. The van der Waals surface area contributed by atoms with Crippen LogP contribution in [0.15, 0.2) is 65.8 Å². The first kappa shape index (κ1) is 22.9. The smallest absolute Gasteiger partial charge is 0.0369 e. The van der Waals surface area contributed by atoms with Crippen molar-refractivity contribution in [2.75, 3.05) is 11.9 Å². The lowest BCUT2D eigenvalue weighted by atomic mass is 9.48. The highest BCUT2D eigenvalue weighted by atomic mass is 15.1. The van der Waals surface area contributed by atoms with Gasteiger partial charge in [0.25, 0.3) is 0 Å². The number of anilines is 1. The molecule has 7 rings (SSSR count). The first-order valence-corrected chi connectivity index (χ1v) is 14.8. The van der Waals surface area contributed by atoms with E-state index in [-0.39, 0.29) is 5.41 Å². The highest BCUT2D eigenvalue weighted by molar-refractivity contribution is 5.82. The van der Waals surface area contributed by atoms with Crippen LogP contribution in [0.1, 0.15) is 89.7 Å². The molecular formula is C35H43N. The van der Waals surface area contributed by atoms with Gasteiger partial charge in [-0.25, -0.2) is 0 Å². The van der Waals surface area contributed by atoms with Gasteiger partial charge in [0.2, 0.25) is 0 Å². The minimum atomic E-state index is 0.0728. The average molecular weight is 478 g/mol. The fraction of sp³-hybridized carbons (Fsp3) is 0.543. The van der Waals surface area contributed by atoms with Gasteiger partial charge >= 0.3 is 0 Å². The molecule has 0 N–H and O–H groups in total. The molecule has 5 atom stereocenters. The fourth-order valence-electron chi connectivity index (χ4n) is 9.53. The number of fused-ring (bicyclic) bond motifs is 8. The molecule has 1 heteroatoms. The van der Waals surface area contributed by atoms with E-state index in [1.165, 1.54) is 85.7 Å². The Hall–Kier alpha value is -2.28. The van der Waals surface area contributed by atoms with E-state index >= 15 is 0 Å². The lowest BCUT2D eigenvalue weighted by Crippen LogP contribution is -2.50. The minimum Gasteiger partial charge on any atom is -0.372 e. The number of nitrogens with zero attached hydrogens (tertiary/aromatic N) is 1. The van der Waals surface area contributed by atoms with Crippen molar-refractivity contribution in [2.24, 2.45) is 23.2 Å². The second kappa shape index (κ2) is 8.11. The van der Waals surface area contributed by atoms with Gasteiger partial charge in [-0.1, -0.05) is 81.7 Å². The van der Waals surface area contributed by atoms with E-state index in [0.29, 0.717) is 11.5 Å². The SMILES string of the molecule is CN(c1ccc2c(c1)C(C)(C)c1ccccc1-2)C1CCC2C(C1)C1=C(C=CCC1)C1(C)CCCCC21. The third kappa shape index (κ3) is 3.13. The van der Waals surface area contributed by atoms with E-state index in [2.05, 4.69) is 87.3 Å². The number of hydrogen-bond acceptors (Lipinski definition) is 1. The Morgan fingerprint density at radius 2 is 1.72 bits per heavy atom. The molecule has 0 spiro atoms. The normalized spacial score (nSPS) is 33.8.